The summed E-state index contributed by atoms with van der Waals surface area (Å²) in [6.07, 6.45) is 0. The molecule has 0 bridgehead atoms. The van der Waals surface area contributed by atoms with Crippen LogP contribution in [0.4, 0.5) is 0 Å². The van der Waals surface area contributed by atoms with Crippen LogP contribution in [0.15, 0.2) is 60.7 Å². The molecule has 2 aromatic carbocycles. The first-order valence-electron chi connectivity index (χ1n) is 9.01. The third-order valence-electron chi connectivity index (χ3n) is 5.05. The summed E-state index contributed by atoms with van der Waals surface area (Å²) in [6.45, 7) is 4.69. The Hall–Kier alpha value is -2.50. The van der Waals surface area contributed by atoms with E-state index in [2.05, 4.69) is 66.2 Å². The number of aliphatic carboxylic acids is 1. The molecule has 27 heavy (non-hydrogen) atoms. The Kier molecular flexibility index (Phi) is 4.81. The number of aryl methyl sites for hydroxylation is 1. The molecule has 2 heterocycles. The zero-order chi connectivity index (χ0) is 19.0. The lowest BCUT2D eigenvalue weighted by atomic mass is 10.1. The van der Waals surface area contributed by atoms with E-state index in [1.54, 1.807) is 0 Å². The summed E-state index contributed by atoms with van der Waals surface area (Å²) < 4.78 is 2.24. The number of aromatic nitrogens is 1. The van der Waals surface area contributed by atoms with E-state index in [1.165, 1.54) is 22.9 Å². The molecule has 5 heteroatoms. The third-order valence-corrected chi connectivity index (χ3v) is 6.44. The number of rotatable bonds is 4. The molecule has 0 saturated carbocycles. The Bertz CT molecular complexity index is 964. The Balaban J connectivity index is 1.63. The lowest BCUT2D eigenvalue weighted by molar-refractivity contribution is -0.136. The van der Waals surface area contributed by atoms with Gasteiger partial charge in [-0.1, -0.05) is 42.5 Å². The van der Waals surface area contributed by atoms with Crippen molar-refractivity contribution < 1.29 is 9.90 Å². The van der Waals surface area contributed by atoms with Crippen LogP contribution in [-0.2, 0) is 4.79 Å². The monoisotopic (exact) mass is 378 g/mol. The summed E-state index contributed by atoms with van der Waals surface area (Å²) in [5.74, 6) is -0.750. The van der Waals surface area contributed by atoms with Crippen LogP contribution in [0, 0.1) is 13.8 Å². The van der Waals surface area contributed by atoms with Gasteiger partial charge in [-0.15, -0.1) is 11.8 Å². The van der Waals surface area contributed by atoms with Crippen LogP contribution in [0.5, 0.6) is 0 Å². The van der Waals surface area contributed by atoms with Crippen molar-refractivity contribution in [3.8, 4) is 16.8 Å². The van der Waals surface area contributed by atoms with Crippen molar-refractivity contribution in [1.82, 2.24) is 9.88 Å². The molecule has 3 aromatic rings. The first-order valence-corrected chi connectivity index (χ1v) is 9.95. The maximum Gasteiger partial charge on any atom is 0.318 e. The Morgan fingerprint density at radius 1 is 1.07 bits per heavy atom. The standard InChI is InChI=1S/C22H22N2O2S/c1-14-12-19(21-23-13-20(27-21)22(25)26)15(2)24(14)18-10-8-17(9-11-18)16-6-4-3-5-7-16/h3-12,20-21,23H,13H2,1-2H3,(H,25,26)/t20-,21+/m1/s1. The summed E-state index contributed by atoms with van der Waals surface area (Å²) in [7, 11) is 0. The zero-order valence-corrected chi connectivity index (χ0v) is 16.2. The molecule has 1 aromatic heterocycles. The van der Waals surface area contributed by atoms with E-state index in [9.17, 15) is 9.90 Å². The van der Waals surface area contributed by atoms with Gasteiger partial charge in [-0.2, -0.15) is 0 Å². The van der Waals surface area contributed by atoms with Gasteiger partial charge in [-0.3, -0.25) is 10.1 Å². The number of nitrogens with zero attached hydrogens (tertiary/aromatic N) is 1. The number of carboxylic acid groups (broad SMARTS) is 1. The highest BCUT2D eigenvalue weighted by molar-refractivity contribution is 8.01. The number of nitrogens with one attached hydrogen (secondary N) is 1. The number of benzene rings is 2. The van der Waals surface area contributed by atoms with Crippen LogP contribution < -0.4 is 5.32 Å². The van der Waals surface area contributed by atoms with E-state index >= 15 is 0 Å². The minimum Gasteiger partial charge on any atom is -0.480 e. The first-order chi connectivity index (χ1) is 13.0. The Labute approximate surface area is 163 Å². The van der Waals surface area contributed by atoms with Crippen molar-refractivity contribution in [1.29, 1.82) is 0 Å². The quantitative estimate of drug-likeness (QED) is 0.699. The fourth-order valence-electron chi connectivity index (χ4n) is 3.69. The van der Waals surface area contributed by atoms with E-state index in [1.807, 2.05) is 18.2 Å². The summed E-state index contributed by atoms with van der Waals surface area (Å²) >= 11 is 1.48. The van der Waals surface area contributed by atoms with Gasteiger partial charge < -0.3 is 9.67 Å². The SMILES string of the molecule is Cc1cc([C@H]2NC[C@H](C(=O)O)S2)c(C)n1-c1ccc(-c2ccccc2)cc1. The van der Waals surface area contributed by atoms with E-state index in [-0.39, 0.29) is 10.6 Å². The average Bonchev–Trinajstić information content (AvgIpc) is 3.28. The Morgan fingerprint density at radius 3 is 2.37 bits per heavy atom. The normalized spacial score (nSPS) is 19.3. The van der Waals surface area contributed by atoms with Crippen LogP contribution in [0.1, 0.15) is 22.3 Å². The van der Waals surface area contributed by atoms with Gasteiger partial charge in [0, 0.05) is 29.2 Å². The maximum atomic E-state index is 11.2. The largest absolute Gasteiger partial charge is 0.480 e. The molecule has 0 radical (unpaired) electrons. The second-order valence-corrected chi connectivity index (χ2v) is 8.14. The molecule has 0 aliphatic carbocycles. The Morgan fingerprint density at radius 2 is 1.74 bits per heavy atom. The predicted molar refractivity (Wildman–Crippen MR) is 110 cm³/mol. The summed E-state index contributed by atoms with van der Waals surface area (Å²) in [4.78, 5) is 11.2. The highest BCUT2D eigenvalue weighted by Crippen LogP contribution is 2.38. The minimum absolute atomic E-state index is 0.0228. The topological polar surface area (TPSA) is 54.3 Å². The fourth-order valence-corrected chi connectivity index (χ4v) is 4.90. The van der Waals surface area contributed by atoms with Crippen LogP contribution >= 0.6 is 11.8 Å². The average molecular weight is 378 g/mol. The van der Waals surface area contributed by atoms with Gasteiger partial charge in [0.25, 0.3) is 0 Å². The molecule has 1 saturated heterocycles. The second kappa shape index (κ2) is 7.25. The van der Waals surface area contributed by atoms with Gasteiger partial charge in [0.05, 0.1) is 5.37 Å². The zero-order valence-electron chi connectivity index (χ0n) is 15.3. The minimum atomic E-state index is -0.750. The van der Waals surface area contributed by atoms with E-state index in [4.69, 9.17) is 0 Å². The van der Waals surface area contributed by atoms with Crippen molar-refractivity contribution in [2.45, 2.75) is 24.5 Å². The molecule has 1 aliphatic rings. The van der Waals surface area contributed by atoms with E-state index in [0.29, 0.717) is 6.54 Å². The van der Waals surface area contributed by atoms with Gasteiger partial charge in [-0.25, -0.2) is 0 Å². The first kappa shape index (κ1) is 17.9. The summed E-state index contributed by atoms with van der Waals surface area (Å²) in [6, 6.07) is 21.1. The number of thioether (sulfide) groups is 1. The molecule has 2 atom stereocenters. The lowest BCUT2D eigenvalue weighted by Crippen LogP contribution is -2.21. The molecule has 138 valence electrons. The fraction of sp³-hybridized carbons (Fsp3) is 0.227. The van der Waals surface area contributed by atoms with Gasteiger partial charge in [0.15, 0.2) is 0 Å². The lowest BCUT2D eigenvalue weighted by Gasteiger charge is -2.13. The van der Waals surface area contributed by atoms with Crippen molar-refractivity contribution >= 4 is 17.7 Å². The van der Waals surface area contributed by atoms with Crippen LogP contribution in [0.2, 0.25) is 0 Å². The van der Waals surface area contributed by atoms with Gasteiger partial charge in [-0.05, 0) is 43.2 Å². The van der Waals surface area contributed by atoms with E-state index < -0.39 is 5.97 Å². The third kappa shape index (κ3) is 3.40. The summed E-state index contributed by atoms with van der Waals surface area (Å²) in [5, 5.41) is 12.2. The number of carboxylic acids is 1. The van der Waals surface area contributed by atoms with Gasteiger partial charge in [0.1, 0.15) is 5.25 Å². The molecular formula is C22H22N2O2S. The molecule has 4 nitrogen and oxygen atoms in total. The molecule has 2 N–H and O–H groups in total. The molecule has 0 amide bonds. The smallest absolute Gasteiger partial charge is 0.318 e. The van der Waals surface area contributed by atoms with Crippen molar-refractivity contribution in [2.24, 2.45) is 0 Å². The molecule has 1 fully saturated rings. The van der Waals surface area contributed by atoms with Crippen LogP contribution in [0.25, 0.3) is 16.8 Å². The molecule has 4 rings (SSSR count). The highest BCUT2D eigenvalue weighted by atomic mass is 32.2. The van der Waals surface area contributed by atoms with Crippen molar-refractivity contribution in [3.63, 3.8) is 0 Å². The molecule has 0 spiro atoms. The number of carbonyl (C=O) groups is 1. The van der Waals surface area contributed by atoms with Gasteiger partial charge >= 0.3 is 5.97 Å². The number of hydrogen-bond acceptors (Lipinski definition) is 3. The second-order valence-electron chi connectivity index (χ2n) is 6.83. The van der Waals surface area contributed by atoms with Crippen molar-refractivity contribution in [3.05, 3.63) is 77.6 Å². The highest BCUT2D eigenvalue weighted by Gasteiger charge is 2.32. The van der Waals surface area contributed by atoms with Crippen LogP contribution in [0.3, 0.4) is 0 Å². The van der Waals surface area contributed by atoms with Crippen LogP contribution in [-0.4, -0.2) is 27.4 Å². The van der Waals surface area contributed by atoms with E-state index in [0.717, 1.165) is 22.6 Å². The molecule has 1 aliphatic heterocycles. The van der Waals surface area contributed by atoms with Gasteiger partial charge in [0.2, 0.25) is 0 Å². The molecule has 0 unspecified atom stereocenters. The number of hydrogen-bond donors (Lipinski definition) is 2. The molecular weight excluding hydrogens is 356 g/mol. The summed E-state index contributed by atoms with van der Waals surface area (Å²) in [5.41, 5.74) is 6.98. The predicted octanol–water partition coefficient (Wildman–Crippen LogP) is 4.55. The van der Waals surface area contributed by atoms with Crippen molar-refractivity contribution in [2.75, 3.05) is 6.54 Å². The maximum absolute atomic E-state index is 11.2.